The Morgan fingerprint density at radius 3 is 2.25 bits per heavy atom. The molecule has 5 rings (SSSR count). The first kappa shape index (κ1) is 21.2. The minimum atomic E-state index is 0.103. The second-order valence-electron chi connectivity index (χ2n) is 8.30. The van der Waals surface area contributed by atoms with Crippen molar-refractivity contribution in [3.05, 3.63) is 58.9 Å². The van der Waals surface area contributed by atoms with Crippen LogP contribution in [-0.4, -0.2) is 60.3 Å². The van der Waals surface area contributed by atoms with Gasteiger partial charge in [0.25, 0.3) is 0 Å². The van der Waals surface area contributed by atoms with Crippen molar-refractivity contribution >= 4 is 40.4 Å². The number of hydrogen-bond donors (Lipinski definition) is 0. The van der Waals surface area contributed by atoms with E-state index in [9.17, 15) is 4.79 Å². The average Bonchev–Trinajstić information content (AvgIpc) is 3.40. The molecule has 0 saturated carbocycles. The van der Waals surface area contributed by atoms with Crippen molar-refractivity contribution in [3.8, 4) is 10.6 Å². The number of rotatable bonds is 4. The molecule has 0 N–H and O–H groups in total. The minimum Gasteiger partial charge on any atom is -0.368 e. The fraction of sp³-hybridized carbons (Fsp3) is 0.375. The lowest BCUT2D eigenvalue weighted by atomic mass is 9.95. The summed E-state index contributed by atoms with van der Waals surface area (Å²) in [6.45, 7) is 4.95. The maximum absolute atomic E-state index is 13.1. The topological polar surface area (TPSA) is 52.6 Å². The van der Waals surface area contributed by atoms with Crippen LogP contribution in [0.25, 0.3) is 10.6 Å². The molecule has 1 amide bonds. The largest absolute Gasteiger partial charge is 0.368 e. The van der Waals surface area contributed by atoms with Crippen LogP contribution in [0.3, 0.4) is 0 Å². The molecule has 0 aliphatic carbocycles. The van der Waals surface area contributed by atoms with Crippen LogP contribution >= 0.6 is 22.9 Å². The predicted octanol–water partition coefficient (Wildman–Crippen LogP) is 4.42. The van der Waals surface area contributed by atoms with Gasteiger partial charge in [0.15, 0.2) is 5.82 Å². The fourth-order valence-electron chi connectivity index (χ4n) is 4.50. The SMILES string of the molecule is O=C(C1CCN(c2ccc(-c3cccs3)nn2)CC1)N1CCN(c2ccc(Cl)cc2)CC1. The molecule has 2 aliphatic rings. The van der Waals surface area contributed by atoms with Crippen molar-refractivity contribution in [2.45, 2.75) is 12.8 Å². The Morgan fingerprint density at radius 2 is 1.62 bits per heavy atom. The molecule has 166 valence electrons. The highest BCUT2D eigenvalue weighted by atomic mass is 35.5. The first-order valence-electron chi connectivity index (χ1n) is 11.1. The molecule has 2 aromatic heterocycles. The normalized spacial score (nSPS) is 17.6. The molecule has 2 saturated heterocycles. The van der Waals surface area contributed by atoms with Gasteiger partial charge in [0, 0.05) is 55.9 Å². The molecule has 0 atom stereocenters. The summed E-state index contributed by atoms with van der Waals surface area (Å²) >= 11 is 7.66. The summed E-state index contributed by atoms with van der Waals surface area (Å²) in [4.78, 5) is 20.8. The van der Waals surface area contributed by atoms with Gasteiger partial charge in [-0.15, -0.1) is 21.5 Å². The fourth-order valence-corrected chi connectivity index (χ4v) is 5.32. The predicted molar refractivity (Wildman–Crippen MR) is 131 cm³/mol. The summed E-state index contributed by atoms with van der Waals surface area (Å²) < 4.78 is 0. The lowest BCUT2D eigenvalue weighted by Gasteiger charge is -2.39. The van der Waals surface area contributed by atoms with Crippen LogP contribution in [-0.2, 0) is 4.79 Å². The Morgan fingerprint density at radius 1 is 0.875 bits per heavy atom. The molecular weight excluding hydrogens is 442 g/mol. The maximum atomic E-state index is 13.1. The van der Waals surface area contributed by atoms with E-state index < -0.39 is 0 Å². The molecule has 6 nitrogen and oxygen atoms in total. The Hall–Kier alpha value is -2.64. The maximum Gasteiger partial charge on any atom is 0.225 e. The van der Waals surface area contributed by atoms with Gasteiger partial charge in [-0.25, -0.2) is 0 Å². The standard InChI is InChI=1S/C24H26ClN5OS/c25-19-3-5-20(6-4-19)28-13-15-30(16-14-28)24(31)18-9-11-29(12-10-18)23-8-7-21(26-27-23)22-2-1-17-32-22/h1-8,17-18H,9-16H2. The molecule has 0 unspecified atom stereocenters. The third kappa shape index (κ3) is 4.59. The summed E-state index contributed by atoms with van der Waals surface area (Å²) in [5.74, 6) is 1.30. The number of benzene rings is 1. The Kier molecular flexibility index (Phi) is 6.28. The van der Waals surface area contributed by atoms with E-state index in [1.54, 1.807) is 11.3 Å². The van der Waals surface area contributed by atoms with Crippen LogP contribution in [0.15, 0.2) is 53.9 Å². The van der Waals surface area contributed by atoms with E-state index in [-0.39, 0.29) is 5.92 Å². The molecule has 32 heavy (non-hydrogen) atoms. The Bertz CT molecular complexity index is 1030. The van der Waals surface area contributed by atoms with Crippen molar-refractivity contribution in [3.63, 3.8) is 0 Å². The zero-order valence-electron chi connectivity index (χ0n) is 17.9. The van der Waals surface area contributed by atoms with Gasteiger partial charge in [-0.3, -0.25) is 4.79 Å². The van der Waals surface area contributed by atoms with Gasteiger partial charge < -0.3 is 14.7 Å². The van der Waals surface area contributed by atoms with Gasteiger partial charge in [-0.05, 0) is 60.7 Å². The first-order chi connectivity index (χ1) is 15.7. The molecule has 0 radical (unpaired) electrons. The van der Waals surface area contributed by atoms with Crippen LogP contribution in [0.1, 0.15) is 12.8 Å². The molecule has 8 heteroatoms. The van der Waals surface area contributed by atoms with E-state index in [0.29, 0.717) is 5.91 Å². The lowest BCUT2D eigenvalue weighted by molar-refractivity contribution is -0.136. The minimum absolute atomic E-state index is 0.103. The third-order valence-electron chi connectivity index (χ3n) is 6.38. The van der Waals surface area contributed by atoms with Crippen LogP contribution in [0.2, 0.25) is 5.02 Å². The first-order valence-corrected chi connectivity index (χ1v) is 12.3. The number of carbonyl (C=O) groups excluding carboxylic acids is 1. The molecule has 4 heterocycles. The average molecular weight is 468 g/mol. The highest BCUT2D eigenvalue weighted by Crippen LogP contribution is 2.27. The number of hydrogen-bond acceptors (Lipinski definition) is 6. The van der Waals surface area contributed by atoms with E-state index in [0.717, 1.165) is 73.5 Å². The van der Waals surface area contributed by atoms with E-state index in [1.165, 1.54) is 5.69 Å². The van der Waals surface area contributed by atoms with Crippen molar-refractivity contribution in [1.29, 1.82) is 0 Å². The van der Waals surface area contributed by atoms with E-state index in [4.69, 9.17) is 11.6 Å². The molecule has 0 bridgehead atoms. The number of halogens is 1. The molecule has 3 aromatic rings. The highest BCUT2D eigenvalue weighted by Gasteiger charge is 2.31. The van der Waals surface area contributed by atoms with Crippen LogP contribution < -0.4 is 9.80 Å². The summed E-state index contributed by atoms with van der Waals surface area (Å²) in [5.41, 5.74) is 2.08. The summed E-state index contributed by atoms with van der Waals surface area (Å²) in [5, 5.41) is 11.6. The molecular formula is C24H26ClN5OS. The summed E-state index contributed by atoms with van der Waals surface area (Å²) in [6, 6.07) is 16.1. The van der Waals surface area contributed by atoms with E-state index in [1.807, 2.05) is 52.7 Å². The van der Waals surface area contributed by atoms with Crippen LogP contribution in [0.4, 0.5) is 11.5 Å². The van der Waals surface area contributed by atoms with Crippen molar-refractivity contribution in [2.75, 3.05) is 49.1 Å². The van der Waals surface area contributed by atoms with Crippen LogP contribution in [0, 0.1) is 5.92 Å². The number of anilines is 2. The van der Waals surface area contributed by atoms with Gasteiger partial charge >= 0.3 is 0 Å². The number of amides is 1. The van der Waals surface area contributed by atoms with E-state index >= 15 is 0 Å². The molecule has 1 aromatic carbocycles. The Labute approximate surface area is 197 Å². The second-order valence-corrected chi connectivity index (χ2v) is 9.69. The number of aromatic nitrogens is 2. The quantitative estimate of drug-likeness (QED) is 0.568. The number of thiophene rings is 1. The van der Waals surface area contributed by atoms with Gasteiger partial charge in [0.05, 0.1) is 4.88 Å². The smallest absolute Gasteiger partial charge is 0.225 e. The summed E-state index contributed by atoms with van der Waals surface area (Å²) in [7, 11) is 0. The summed E-state index contributed by atoms with van der Waals surface area (Å²) in [6.07, 6.45) is 1.73. The third-order valence-corrected chi connectivity index (χ3v) is 7.52. The molecule has 2 fully saturated rings. The monoisotopic (exact) mass is 467 g/mol. The van der Waals surface area contributed by atoms with Crippen molar-refractivity contribution in [1.82, 2.24) is 15.1 Å². The molecule has 0 spiro atoms. The van der Waals surface area contributed by atoms with Gasteiger partial charge in [-0.1, -0.05) is 17.7 Å². The number of piperidine rings is 1. The van der Waals surface area contributed by atoms with Gasteiger partial charge in [0.1, 0.15) is 5.69 Å². The molecule has 2 aliphatic heterocycles. The zero-order valence-corrected chi connectivity index (χ0v) is 19.4. The lowest BCUT2D eigenvalue weighted by Crippen LogP contribution is -2.51. The van der Waals surface area contributed by atoms with Crippen molar-refractivity contribution in [2.24, 2.45) is 5.92 Å². The van der Waals surface area contributed by atoms with Crippen LogP contribution in [0.5, 0.6) is 0 Å². The zero-order chi connectivity index (χ0) is 21.9. The number of piperazine rings is 1. The highest BCUT2D eigenvalue weighted by molar-refractivity contribution is 7.13. The second kappa shape index (κ2) is 9.46. The Balaban J connectivity index is 1.12. The van der Waals surface area contributed by atoms with Gasteiger partial charge in [-0.2, -0.15) is 0 Å². The van der Waals surface area contributed by atoms with Crippen molar-refractivity contribution < 1.29 is 4.79 Å². The van der Waals surface area contributed by atoms with E-state index in [2.05, 4.69) is 26.1 Å². The number of carbonyl (C=O) groups is 1. The number of nitrogens with zero attached hydrogens (tertiary/aromatic N) is 5. The van der Waals surface area contributed by atoms with Gasteiger partial charge in [0.2, 0.25) is 5.91 Å².